The summed E-state index contributed by atoms with van der Waals surface area (Å²) in [5.74, 6) is -0.112. The molecule has 16 heavy (non-hydrogen) atoms. The second-order valence-electron chi connectivity index (χ2n) is 3.19. The number of aromatic nitrogens is 3. The highest BCUT2D eigenvalue weighted by molar-refractivity contribution is 9.10. The van der Waals surface area contributed by atoms with Crippen molar-refractivity contribution in [2.24, 2.45) is 0 Å². The van der Waals surface area contributed by atoms with Crippen molar-refractivity contribution in [3.05, 3.63) is 33.1 Å². The molecule has 0 aliphatic heterocycles. The lowest BCUT2D eigenvalue weighted by Gasteiger charge is -2.08. The second-order valence-corrected chi connectivity index (χ2v) is 4.45. The van der Waals surface area contributed by atoms with Crippen LogP contribution in [0.1, 0.15) is 5.69 Å². The number of benzene rings is 1. The monoisotopic (exact) mass is 304 g/mol. The predicted octanol–water partition coefficient (Wildman–Crippen LogP) is 2.71. The van der Waals surface area contributed by atoms with Crippen molar-refractivity contribution in [1.82, 2.24) is 15.0 Å². The number of hydrogen-bond acceptors (Lipinski definition) is 3. The molecule has 0 saturated carbocycles. The SMILES string of the molecule is Cc1c(N)nnn1-c1c(Cl)cc(F)cc1Br. The summed E-state index contributed by atoms with van der Waals surface area (Å²) in [5.41, 5.74) is 6.75. The first-order valence-electron chi connectivity index (χ1n) is 4.33. The Morgan fingerprint density at radius 3 is 2.69 bits per heavy atom. The van der Waals surface area contributed by atoms with E-state index in [9.17, 15) is 4.39 Å². The van der Waals surface area contributed by atoms with Crippen LogP contribution in [0.3, 0.4) is 0 Å². The van der Waals surface area contributed by atoms with Gasteiger partial charge >= 0.3 is 0 Å². The molecule has 0 aliphatic rings. The molecule has 2 aromatic rings. The topological polar surface area (TPSA) is 56.7 Å². The zero-order valence-electron chi connectivity index (χ0n) is 8.21. The summed E-state index contributed by atoms with van der Waals surface area (Å²) in [6.45, 7) is 1.75. The second kappa shape index (κ2) is 4.03. The molecule has 0 fully saturated rings. The van der Waals surface area contributed by atoms with Crippen LogP contribution in [0.25, 0.3) is 5.69 Å². The van der Waals surface area contributed by atoms with E-state index in [2.05, 4.69) is 26.2 Å². The highest BCUT2D eigenvalue weighted by Gasteiger charge is 2.14. The minimum atomic E-state index is -0.425. The summed E-state index contributed by atoms with van der Waals surface area (Å²) >= 11 is 9.18. The number of anilines is 1. The van der Waals surface area contributed by atoms with Gasteiger partial charge in [0.2, 0.25) is 0 Å². The van der Waals surface area contributed by atoms with Gasteiger partial charge in [-0.15, -0.1) is 5.10 Å². The number of hydrogen-bond donors (Lipinski definition) is 1. The van der Waals surface area contributed by atoms with Crippen LogP contribution in [0.4, 0.5) is 10.2 Å². The molecule has 0 atom stereocenters. The molecule has 1 aromatic carbocycles. The highest BCUT2D eigenvalue weighted by Crippen LogP contribution is 2.30. The summed E-state index contributed by atoms with van der Waals surface area (Å²) in [6.07, 6.45) is 0. The molecule has 1 heterocycles. The van der Waals surface area contributed by atoms with Gasteiger partial charge in [0.1, 0.15) is 5.82 Å². The minimum Gasteiger partial charge on any atom is -0.381 e. The molecule has 0 saturated heterocycles. The molecule has 2 rings (SSSR count). The first-order chi connectivity index (χ1) is 7.50. The number of halogens is 3. The van der Waals surface area contributed by atoms with Gasteiger partial charge < -0.3 is 5.73 Å². The molecule has 0 unspecified atom stereocenters. The quantitative estimate of drug-likeness (QED) is 0.881. The molecule has 7 heteroatoms. The van der Waals surface area contributed by atoms with Crippen LogP contribution in [0.15, 0.2) is 16.6 Å². The van der Waals surface area contributed by atoms with Gasteiger partial charge in [0.05, 0.1) is 16.4 Å². The number of nitrogen functional groups attached to an aromatic ring is 1. The first kappa shape index (κ1) is 11.3. The average Bonchev–Trinajstić information content (AvgIpc) is 2.48. The van der Waals surface area contributed by atoms with Crippen molar-refractivity contribution in [1.29, 1.82) is 0 Å². The van der Waals surface area contributed by atoms with E-state index in [4.69, 9.17) is 17.3 Å². The van der Waals surface area contributed by atoms with Gasteiger partial charge in [0.25, 0.3) is 0 Å². The number of nitrogens with two attached hydrogens (primary N) is 1. The third-order valence-electron chi connectivity index (χ3n) is 2.12. The minimum absolute atomic E-state index is 0.236. The third kappa shape index (κ3) is 1.78. The van der Waals surface area contributed by atoms with Gasteiger partial charge in [-0.05, 0) is 35.0 Å². The Kier molecular flexibility index (Phi) is 2.86. The van der Waals surface area contributed by atoms with Crippen LogP contribution in [-0.4, -0.2) is 15.0 Å². The fourth-order valence-corrected chi connectivity index (χ4v) is 2.29. The van der Waals surface area contributed by atoms with Crippen molar-refractivity contribution in [2.45, 2.75) is 6.92 Å². The lowest BCUT2D eigenvalue weighted by atomic mass is 10.3. The fraction of sp³-hybridized carbons (Fsp3) is 0.111. The third-order valence-corrected chi connectivity index (χ3v) is 3.02. The molecule has 1 aromatic heterocycles. The first-order valence-corrected chi connectivity index (χ1v) is 5.50. The molecule has 84 valence electrons. The maximum absolute atomic E-state index is 13.0. The molecule has 0 spiro atoms. The van der Waals surface area contributed by atoms with Gasteiger partial charge in [-0.1, -0.05) is 16.8 Å². The van der Waals surface area contributed by atoms with Crippen LogP contribution in [0, 0.1) is 12.7 Å². The van der Waals surface area contributed by atoms with Crippen LogP contribution in [-0.2, 0) is 0 Å². The smallest absolute Gasteiger partial charge is 0.169 e. The molecule has 0 radical (unpaired) electrons. The van der Waals surface area contributed by atoms with E-state index >= 15 is 0 Å². The molecule has 0 amide bonds. The van der Waals surface area contributed by atoms with Crippen LogP contribution >= 0.6 is 27.5 Å². The largest absolute Gasteiger partial charge is 0.381 e. The van der Waals surface area contributed by atoms with E-state index in [1.165, 1.54) is 16.8 Å². The van der Waals surface area contributed by atoms with E-state index in [0.717, 1.165) is 0 Å². The van der Waals surface area contributed by atoms with Gasteiger partial charge in [-0.3, -0.25) is 0 Å². The van der Waals surface area contributed by atoms with Gasteiger partial charge in [0.15, 0.2) is 5.82 Å². The zero-order chi connectivity index (χ0) is 11.9. The Balaban J connectivity index is 2.69. The van der Waals surface area contributed by atoms with E-state index < -0.39 is 5.82 Å². The Bertz CT molecular complexity index is 531. The molecule has 4 nitrogen and oxygen atoms in total. The van der Waals surface area contributed by atoms with E-state index in [-0.39, 0.29) is 5.02 Å². The maximum Gasteiger partial charge on any atom is 0.169 e. The predicted molar refractivity (Wildman–Crippen MR) is 63.2 cm³/mol. The summed E-state index contributed by atoms with van der Waals surface area (Å²) in [6, 6.07) is 2.51. The molecule has 2 N–H and O–H groups in total. The maximum atomic E-state index is 13.0. The van der Waals surface area contributed by atoms with E-state index in [1.807, 2.05) is 0 Å². The standard InChI is InChI=1S/C9H7BrClFN4/c1-4-9(13)14-15-16(4)8-6(10)2-5(12)3-7(8)11/h2-3H,13H2,1H3. The summed E-state index contributed by atoms with van der Waals surface area (Å²) < 4.78 is 15.0. The Morgan fingerprint density at radius 1 is 1.50 bits per heavy atom. The molecular formula is C9H7BrClFN4. The lowest BCUT2D eigenvalue weighted by Crippen LogP contribution is -2.02. The average molecular weight is 306 g/mol. The van der Waals surface area contributed by atoms with Crippen molar-refractivity contribution in [3.63, 3.8) is 0 Å². The van der Waals surface area contributed by atoms with Crippen molar-refractivity contribution >= 4 is 33.3 Å². The fourth-order valence-electron chi connectivity index (χ4n) is 1.29. The van der Waals surface area contributed by atoms with Crippen LogP contribution in [0.2, 0.25) is 5.02 Å². The Morgan fingerprint density at radius 2 is 2.19 bits per heavy atom. The normalized spacial score (nSPS) is 10.8. The van der Waals surface area contributed by atoms with E-state index in [1.54, 1.807) is 6.92 Å². The van der Waals surface area contributed by atoms with Crippen molar-refractivity contribution in [3.8, 4) is 5.69 Å². The summed E-state index contributed by atoms with van der Waals surface area (Å²) in [4.78, 5) is 0. The Hall–Kier alpha value is -1.14. The van der Waals surface area contributed by atoms with Crippen molar-refractivity contribution in [2.75, 3.05) is 5.73 Å². The van der Waals surface area contributed by atoms with Gasteiger partial charge in [-0.2, -0.15) is 0 Å². The highest BCUT2D eigenvalue weighted by atomic mass is 79.9. The van der Waals surface area contributed by atoms with Crippen molar-refractivity contribution < 1.29 is 4.39 Å². The van der Waals surface area contributed by atoms with Gasteiger partial charge in [0, 0.05) is 4.47 Å². The Labute approximate surface area is 104 Å². The summed E-state index contributed by atoms with van der Waals surface area (Å²) in [7, 11) is 0. The van der Waals surface area contributed by atoms with Crippen LogP contribution < -0.4 is 5.73 Å². The summed E-state index contributed by atoms with van der Waals surface area (Å²) in [5, 5.41) is 7.79. The molecule has 0 bridgehead atoms. The molecular weight excluding hydrogens is 298 g/mol. The number of rotatable bonds is 1. The van der Waals surface area contributed by atoms with Crippen LogP contribution in [0.5, 0.6) is 0 Å². The lowest BCUT2D eigenvalue weighted by molar-refractivity contribution is 0.625. The van der Waals surface area contributed by atoms with E-state index in [0.29, 0.717) is 21.7 Å². The van der Waals surface area contributed by atoms with Gasteiger partial charge in [-0.25, -0.2) is 9.07 Å². The molecule has 0 aliphatic carbocycles. The number of nitrogens with zero attached hydrogens (tertiary/aromatic N) is 3. The zero-order valence-corrected chi connectivity index (χ0v) is 10.5.